The van der Waals surface area contributed by atoms with Gasteiger partial charge in [0.1, 0.15) is 18.1 Å². The fourth-order valence-electron chi connectivity index (χ4n) is 4.01. The van der Waals surface area contributed by atoms with E-state index in [0.717, 1.165) is 28.3 Å². The number of terminal acetylenes is 1. The number of hydrogen-bond acceptors (Lipinski definition) is 8. The number of ether oxygens (including phenoxy) is 2. The summed E-state index contributed by atoms with van der Waals surface area (Å²) in [4.78, 5) is 14.1. The Morgan fingerprint density at radius 3 is 2.58 bits per heavy atom. The molecule has 5 rings (SSSR count). The van der Waals surface area contributed by atoms with Crippen LogP contribution in [0.15, 0.2) is 85.1 Å². The number of para-hydroxylation sites is 1. The zero-order chi connectivity index (χ0) is 27.7. The van der Waals surface area contributed by atoms with Crippen LogP contribution in [0.3, 0.4) is 0 Å². The van der Waals surface area contributed by atoms with Gasteiger partial charge in [-0.3, -0.25) is 4.98 Å². The molecule has 3 heterocycles. The maximum atomic E-state index is 5.80. The molecule has 0 saturated heterocycles. The van der Waals surface area contributed by atoms with Crippen molar-refractivity contribution in [1.29, 1.82) is 0 Å². The number of pyridine rings is 1. The summed E-state index contributed by atoms with van der Waals surface area (Å²) in [6.07, 6.45) is 7.39. The molecule has 0 radical (unpaired) electrons. The zero-order valence-corrected chi connectivity index (χ0v) is 22.4. The number of benzene rings is 2. The molecule has 0 aliphatic heterocycles. The molecule has 0 bridgehead atoms. The summed E-state index contributed by atoms with van der Waals surface area (Å²) in [5, 5.41) is 12.0. The molecule has 1 atom stereocenters. The van der Waals surface area contributed by atoms with Crippen molar-refractivity contribution < 1.29 is 9.47 Å². The molecule has 2 aromatic carbocycles. The van der Waals surface area contributed by atoms with Gasteiger partial charge < -0.3 is 14.8 Å². The Morgan fingerprint density at radius 2 is 1.75 bits per heavy atom. The highest BCUT2D eigenvalue weighted by Gasteiger charge is 2.13. The third-order valence-electron chi connectivity index (χ3n) is 6.17. The average molecular weight is 532 g/mol. The SMILES string of the molecule is C#Cc1cccc(-c2cc(-c3cn(Cc4cccc(C(C)OC)n4)nn3)nc(NCCOc3ccccc3)n2)c1. The van der Waals surface area contributed by atoms with E-state index in [4.69, 9.17) is 30.8 Å². The maximum absolute atomic E-state index is 5.80. The predicted octanol–water partition coefficient (Wildman–Crippen LogP) is 5.03. The van der Waals surface area contributed by atoms with Gasteiger partial charge >= 0.3 is 0 Å². The monoisotopic (exact) mass is 531 g/mol. The molecule has 9 nitrogen and oxygen atoms in total. The van der Waals surface area contributed by atoms with E-state index < -0.39 is 0 Å². The summed E-state index contributed by atoms with van der Waals surface area (Å²) in [5.74, 6) is 3.94. The van der Waals surface area contributed by atoms with Gasteiger partial charge in [0.15, 0.2) is 0 Å². The van der Waals surface area contributed by atoms with Gasteiger partial charge in [-0.05, 0) is 49.4 Å². The van der Waals surface area contributed by atoms with E-state index in [1.54, 1.807) is 11.8 Å². The smallest absolute Gasteiger partial charge is 0.223 e. The van der Waals surface area contributed by atoms with Crippen molar-refractivity contribution in [2.24, 2.45) is 0 Å². The fraction of sp³-hybridized carbons (Fsp3) is 0.194. The molecule has 200 valence electrons. The second-order valence-corrected chi connectivity index (χ2v) is 9.01. The van der Waals surface area contributed by atoms with E-state index in [9.17, 15) is 0 Å². The number of nitrogens with one attached hydrogen (secondary N) is 1. The number of anilines is 1. The summed E-state index contributed by atoms with van der Waals surface area (Å²) in [5.41, 5.74) is 5.32. The number of hydrogen-bond donors (Lipinski definition) is 1. The van der Waals surface area contributed by atoms with Gasteiger partial charge in [-0.15, -0.1) is 11.5 Å². The van der Waals surface area contributed by atoms with E-state index >= 15 is 0 Å². The number of nitrogens with zero attached hydrogens (tertiary/aromatic N) is 6. The Balaban J connectivity index is 1.38. The van der Waals surface area contributed by atoms with Crippen molar-refractivity contribution in [2.45, 2.75) is 19.6 Å². The first-order chi connectivity index (χ1) is 19.6. The molecule has 9 heteroatoms. The van der Waals surface area contributed by atoms with Crippen LogP contribution in [0.5, 0.6) is 5.75 Å². The van der Waals surface area contributed by atoms with Crippen molar-refractivity contribution in [3.63, 3.8) is 0 Å². The molecule has 5 aromatic rings. The lowest BCUT2D eigenvalue weighted by Gasteiger charge is -2.10. The van der Waals surface area contributed by atoms with Gasteiger partial charge in [0.05, 0.1) is 48.2 Å². The van der Waals surface area contributed by atoms with Crippen molar-refractivity contribution in [3.8, 4) is 40.7 Å². The standard InChI is InChI=1S/C31H29N7O2/c1-4-23-10-8-11-24(18-23)28-19-29(35-31(34-28)32-16-17-40-26-13-6-5-7-14-26)30-21-38(37-36-30)20-25-12-9-15-27(33-25)22(2)39-3/h1,5-15,18-19,21-22H,16-17,20H2,2-3H3,(H,32,34,35). The third-order valence-corrected chi connectivity index (χ3v) is 6.17. The van der Waals surface area contributed by atoms with E-state index in [1.165, 1.54) is 0 Å². The van der Waals surface area contributed by atoms with Crippen LogP contribution >= 0.6 is 0 Å². The van der Waals surface area contributed by atoms with Crippen LogP contribution in [-0.2, 0) is 11.3 Å². The third kappa shape index (κ3) is 6.67. The van der Waals surface area contributed by atoms with Crippen molar-refractivity contribution in [1.82, 2.24) is 29.9 Å². The molecule has 0 amide bonds. The van der Waals surface area contributed by atoms with Crippen LogP contribution in [0.25, 0.3) is 22.6 Å². The van der Waals surface area contributed by atoms with Crippen LogP contribution in [0.1, 0.15) is 30.0 Å². The highest BCUT2D eigenvalue weighted by atomic mass is 16.5. The fourth-order valence-corrected chi connectivity index (χ4v) is 4.01. The lowest BCUT2D eigenvalue weighted by Crippen LogP contribution is -2.14. The normalized spacial score (nSPS) is 11.5. The topological polar surface area (TPSA) is 99.9 Å². The average Bonchev–Trinajstić information content (AvgIpc) is 3.48. The van der Waals surface area contributed by atoms with Crippen LogP contribution in [0, 0.1) is 12.3 Å². The minimum Gasteiger partial charge on any atom is -0.492 e. The first-order valence-electron chi connectivity index (χ1n) is 12.9. The Labute approximate surface area is 233 Å². The predicted molar refractivity (Wildman–Crippen MR) is 154 cm³/mol. The van der Waals surface area contributed by atoms with Crippen molar-refractivity contribution in [2.75, 3.05) is 25.6 Å². The molecule has 3 aromatic heterocycles. The van der Waals surface area contributed by atoms with Gasteiger partial charge in [-0.25, -0.2) is 14.6 Å². The molecule has 0 aliphatic rings. The molecule has 0 aliphatic carbocycles. The van der Waals surface area contributed by atoms with Gasteiger partial charge in [0, 0.05) is 18.2 Å². The summed E-state index contributed by atoms with van der Waals surface area (Å²) < 4.78 is 12.9. The molecular weight excluding hydrogens is 502 g/mol. The lowest BCUT2D eigenvalue weighted by atomic mass is 10.1. The molecular formula is C31H29N7O2. The van der Waals surface area contributed by atoms with Crippen LogP contribution in [-0.4, -0.2) is 50.2 Å². The van der Waals surface area contributed by atoms with Gasteiger partial charge in [-0.1, -0.05) is 47.5 Å². The first-order valence-corrected chi connectivity index (χ1v) is 12.9. The minimum absolute atomic E-state index is 0.0947. The van der Waals surface area contributed by atoms with Crippen molar-refractivity contribution >= 4 is 5.95 Å². The molecule has 1 unspecified atom stereocenters. The van der Waals surface area contributed by atoms with Gasteiger partial charge in [0.2, 0.25) is 5.95 Å². The Hall–Kier alpha value is -5.07. The first kappa shape index (κ1) is 26.5. The number of methoxy groups -OCH3 is 1. The second-order valence-electron chi connectivity index (χ2n) is 9.01. The zero-order valence-electron chi connectivity index (χ0n) is 22.4. The van der Waals surface area contributed by atoms with Crippen molar-refractivity contribution in [3.05, 3.63) is 102 Å². The maximum Gasteiger partial charge on any atom is 0.223 e. The molecule has 0 fully saturated rings. The summed E-state index contributed by atoms with van der Waals surface area (Å²) in [6, 6.07) is 25.1. The Morgan fingerprint density at radius 1 is 0.925 bits per heavy atom. The van der Waals surface area contributed by atoms with Gasteiger partial charge in [0.25, 0.3) is 0 Å². The van der Waals surface area contributed by atoms with Crippen LogP contribution in [0.2, 0.25) is 0 Å². The molecule has 0 saturated carbocycles. The van der Waals surface area contributed by atoms with Gasteiger partial charge in [-0.2, -0.15) is 0 Å². The minimum atomic E-state index is -0.0947. The van der Waals surface area contributed by atoms with E-state index in [0.29, 0.717) is 42.7 Å². The van der Waals surface area contributed by atoms with E-state index in [1.807, 2.05) is 92.0 Å². The van der Waals surface area contributed by atoms with E-state index in [2.05, 4.69) is 21.5 Å². The van der Waals surface area contributed by atoms with Crippen LogP contribution in [0.4, 0.5) is 5.95 Å². The summed E-state index contributed by atoms with van der Waals surface area (Å²) in [7, 11) is 1.67. The quantitative estimate of drug-likeness (QED) is 0.187. The second kappa shape index (κ2) is 12.7. The Kier molecular flexibility index (Phi) is 8.39. The highest BCUT2D eigenvalue weighted by molar-refractivity contribution is 5.68. The lowest BCUT2D eigenvalue weighted by molar-refractivity contribution is 0.116. The Bertz CT molecular complexity index is 1610. The highest BCUT2D eigenvalue weighted by Crippen LogP contribution is 2.25. The molecule has 40 heavy (non-hydrogen) atoms. The summed E-state index contributed by atoms with van der Waals surface area (Å²) in [6.45, 7) is 3.38. The number of rotatable bonds is 11. The summed E-state index contributed by atoms with van der Waals surface area (Å²) >= 11 is 0. The number of aromatic nitrogens is 6. The molecule has 1 N–H and O–H groups in total. The van der Waals surface area contributed by atoms with Crippen LogP contribution < -0.4 is 10.1 Å². The largest absolute Gasteiger partial charge is 0.492 e. The molecule has 0 spiro atoms. The van der Waals surface area contributed by atoms with E-state index in [-0.39, 0.29) is 6.10 Å².